The molecule has 2 aromatic heterocycles. The zero-order valence-corrected chi connectivity index (χ0v) is 20.0. The molecule has 0 amide bonds. The number of aryl methyl sites for hydroxylation is 1. The van der Waals surface area contributed by atoms with Crippen LogP contribution in [0.5, 0.6) is 5.75 Å². The lowest BCUT2D eigenvalue weighted by atomic mass is 10.1. The number of aromatic hydroxyl groups is 1. The minimum absolute atomic E-state index is 0.0180. The molecule has 0 fully saturated rings. The molecule has 174 valence electrons. The molecule has 0 aliphatic heterocycles. The lowest BCUT2D eigenvalue weighted by Crippen LogP contribution is -2.37. The first-order valence-corrected chi connectivity index (χ1v) is 12.8. The predicted molar refractivity (Wildman–Crippen MR) is 125 cm³/mol. The summed E-state index contributed by atoms with van der Waals surface area (Å²) in [6.45, 7) is 7.82. The van der Waals surface area contributed by atoms with Crippen LogP contribution in [0.3, 0.4) is 0 Å². The highest BCUT2D eigenvalue weighted by Crippen LogP contribution is 2.41. The van der Waals surface area contributed by atoms with E-state index < -0.39 is 26.6 Å². The van der Waals surface area contributed by atoms with E-state index in [1.807, 2.05) is 26.0 Å². The van der Waals surface area contributed by atoms with Gasteiger partial charge in [0, 0.05) is 24.9 Å². The summed E-state index contributed by atoms with van der Waals surface area (Å²) in [5, 5.41) is 17.7. The van der Waals surface area contributed by atoms with E-state index in [4.69, 9.17) is 4.42 Å². The second-order valence-corrected chi connectivity index (χ2v) is 10.2. The van der Waals surface area contributed by atoms with E-state index in [1.165, 1.54) is 9.69 Å². The molecule has 32 heavy (non-hydrogen) atoms. The molecule has 0 aliphatic carbocycles. The van der Waals surface area contributed by atoms with Crippen molar-refractivity contribution in [2.24, 2.45) is 0 Å². The Kier molecular flexibility index (Phi) is 7.11. The molecule has 0 spiro atoms. The second-order valence-electron chi connectivity index (χ2n) is 7.17. The number of hydrogen-bond acceptors (Lipinski definition) is 9. The molecule has 3 aromatic rings. The SMILES string of the molecule is CCc1ccc([C@@H](CC)Nc2c(Nc3csc(S(=O)(=O)N(CC)CC)c3O)c(=O)c2=O)o1. The standard InChI is InChI=1S/C21H27N3O6S2/c1-5-12-9-10-15(30-12)13(6-2)22-16-17(20(27)19(16)26)23-14-11-31-21(18(14)25)32(28,29)24(7-3)8-4/h9-11,13,22-23,25H,5-8H2,1-4H3/t13-/m1/s1. The van der Waals surface area contributed by atoms with E-state index in [0.29, 0.717) is 12.2 Å². The maximum absolute atomic E-state index is 12.7. The van der Waals surface area contributed by atoms with Gasteiger partial charge in [-0.25, -0.2) is 8.42 Å². The van der Waals surface area contributed by atoms with Crippen molar-refractivity contribution in [3.8, 4) is 5.75 Å². The number of furan rings is 1. The first kappa shape index (κ1) is 24.0. The molecule has 11 heteroatoms. The Hall–Kier alpha value is -2.63. The highest BCUT2D eigenvalue weighted by atomic mass is 32.2. The molecule has 3 rings (SSSR count). The number of sulfonamides is 1. The second kappa shape index (κ2) is 9.47. The zero-order chi connectivity index (χ0) is 23.6. The van der Waals surface area contributed by atoms with Crippen LogP contribution in [-0.4, -0.2) is 30.9 Å². The molecule has 0 unspecified atom stereocenters. The van der Waals surface area contributed by atoms with Crippen LogP contribution in [0.2, 0.25) is 0 Å². The van der Waals surface area contributed by atoms with Gasteiger partial charge >= 0.3 is 0 Å². The molecule has 0 bridgehead atoms. The summed E-state index contributed by atoms with van der Waals surface area (Å²) < 4.78 is 32.3. The van der Waals surface area contributed by atoms with Gasteiger partial charge in [0.25, 0.3) is 20.9 Å². The number of nitrogens with zero attached hydrogens (tertiary/aromatic N) is 1. The molecule has 1 atom stereocenters. The lowest BCUT2D eigenvalue weighted by molar-refractivity contribution is 0.434. The molecule has 9 nitrogen and oxygen atoms in total. The smallest absolute Gasteiger partial charge is 0.256 e. The maximum Gasteiger partial charge on any atom is 0.256 e. The largest absolute Gasteiger partial charge is 0.504 e. The van der Waals surface area contributed by atoms with E-state index in [2.05, 4.69) is 10.6 Å². The van der Waals surface area contributed by atoms with Crippen LogP contribution in [0, 0.1) is 0 Å². The molecule has 0 saturated heterocycles. The Morgan fingerprint density at radius 1 is 1.09 bits per heavy atom. The molecule has 1 aromatic carbocycles. The van der Waals surface area contributed by atoms with Crippen molar-refractivity contribution in [1.82, 2.24) is 4.31 Å². The Morgan fingerprint density at radius 2 is 1.75 bits per heavy atom. The monoisotopic (exact) mass is 481 g/mol. The summed E-state index contributed by atoms with van der Waals surface area (Å²) in [6.07, 6.45) is 1.34. The molecule has 0 radical (unpaired) electrons. The number of anilines is 3. The van der Waals surface area contributed by atoms with Crippen molar-refractivity contribution in [3.05, 3.63) is 49.5 Å². The number of rotatable bonds is 11. The summed E-state index contributed by atoms with van der Waals surface area (Å²) in [4.78, 5) is 24.4. The predicted octanol–water partition coefficient (Wildman–Crippen LogP) is 3.54. The molecular weight excluding hydrogens is 454 g/mol. The van der Waals surface area contributed by atoms with Crippen LogP contribution in [0.4, 0.5) is 17.1 Å². The van der Waals surface area contributed by atoms with Gasteiger partial charge in [-0.1, -0.05) is 27.7 Å². The highest BCUT2D eigenvalue weighted by Gasteiger charge is 2.30. The zero-order valence-electron chi connectivity index (χ0n) is 18.4. The topological polar surface area (TPSA) is 129 Å². The van der Waals surface area contributed by atoms with E-state index >= 15 is 0 Å². The number of hydrogen-bond donors (Lipinski definition) is 3. The van der Waals surface area contributed by atoms with Crippen LogP contribution < -0.4 is 21.5 Å². The third kappa shape index (κ3) is 4.19. The molecule has 3 N–H and O–H groups in total. The van der Waals surface area contributed by atoms with E-state index in [0.717, 1.165) is 23.5 Å². The average molecular weight is 482 g/mol. The fourth-order valence-corrected chi connectivity index (χ4v) is 6.22. The first-order chi connectivity index (χ1) is 15.2. The Bertz CT molecular complexity index is 1260. The summed E-state index contributed by atoms with van der Waals surface area (Å²) >= 11 is 0.846. The van der Waals surface area contributed by atoms with Gasteiger partial charge in [0.1, 0.15) is 22.9 Å². The molecular formula is C21H27N3O6S2. The number of thiophene rings is 1. The third-order valence-corrected chi connectivity index (χ3v) is 8.82. The average Bonchev–Trinajstić information content (AvgIpc) is 3.40. The van der Waals surface area contributed by atoms with E-state index in [1.54, 1.807) is 13.8 Å². The summed E-state index contributed by atoms with van der Waals surface area (Å²) in [7, 11) is -3.87. The Balaban J connectivity index is 1.88. The van der Waals surface area contributed by atoms with Gasteiger partial charge in [-0.3, -0.25) is 9.59 Å². The minimum atomic E-state index is -3.87. The Morgan fingerprint density at radius 3 is 2.31 bits per heavy atom. The van der Waals surface area contributed by atoms with Gasteiger partial charge in [0.15, 0.2) is 9.96 Å². The van der Waals surface area contributed by atoms with Crippen LogP contribution in [0.1, 0.15) is 51.7 Å². The highest BCUT2D eigenvalue weighted by molar-refractivity contribution is 7.91. The lowest BCUT2D eigenvalue weighted by Gasteiger charge is -2.20. The van der Waals surface area contributed by atoms with Crippen molar-refractivity contribution in [3.63, 3.8) is 0 Å². The normalized spacial score (nSPS) is 13.0. The molecule has 0 saturated carbocycles. The van der Waals surface area contributed by atoms with Crippen molar-refractivity contribution in [2.75, 3.05) is 23.7 Å². The van der Waals surface area contributed by atoms with Crippen molar-refractivity contribution in [2.45, 2.75) is 50.8 Å². The van der Waals surface area contributed by atoms with E-state index in [9.17, 15) is 23.1 Å². The Labute approximate surface area is 190 Å². The maximum atomic E-state index is 12.7. The third-order valence-electron chi connectivity index (χ3n) is 5.28. The van der Waals surface area contributed by atoms with Gasteiger partial charge in [-0.05, 0) is 18.6 Å². The van der Waals surface area contributed by atoms with Crippen molar-refractivity contribution >= 4 is 38.4 Å². The van der Waals surface area contributed by atoms with Gasteiger partial charge in [0.05, 0.1) is 11.7 Å². The molecule has 0 aliphatic rings. The first-order valence-electron chi connectivity index (χ1n) is 10.4. The van der Waals surface area contributed by atoms with Crippen LogP contribution >= 0.6 is 11.3 Å². The van der Waals surface area contributed by atoms with Crippen LogP contribution in [0.25, 0.3) is 0 Å². The minimum Gasteiger partial charge on any atom is -0.504 e. The fourth-order valence-electron chi connectivity index (χ4n) is 3.39. The van der Waals surface area contributed by atoms with Gasteiger partial charge in [0.2, 0.25) is 0 Å². The van der Waals surface area contributed by atoms with E-state index in [-0.39, 0.29) is 40.4 Å². The van der Waals surface area contributed by atoms with Gasteiger partial charge in [-0.15, -0.1) is 11.3 Å². The van der Waals surface area contributed by atoms with Crippen molar-refractivity contribution in [1.29, 1.82) is 0 Å². The van der Waals surface area contributed by atoms with Crippen LogP contribution in [0.15, 0.2) is 35.7 Å². The molecule has 2 heterocycles. The number of nitrogens with one attached hydrogen (secondary N) is 2. The summed E-state index contributed by atoms with van der Waals surface area (Å²) in [5.74, 6) is 0.981. The van der Waals surface area contributed by atoms with Gasteiger partial charge in [-0.2, -0.15) is 4.31 Å². The van der Waals surface area contributed by atoms with Crippen LogP contribution in [-0.2, 0) is 16.4 Å². The van der Waals surface area contributed by atoms with Gasteiger partial charge < -0.3 is 20.2 Å². The fraction of sp³-hybridized carbons (Fsp3) is 0.429. The summed E-state index contributed by atoms with van der Waals surface area (Å²) in [6, 6.07) is 3.37. The van der Waals surface area contributed by atoms with Crippen molar-refractivity contribution < 1.29 is 17.9 Å². The summed E-state index contributed by atoms with van der Waals surface area (Å²) in [5.41, 5.74) is -1.31. The quantitative estimate of drug-likeness (QED) is 0.355.